The van der Waals surface area contributed by atoms with Gasteiger partial charge in [0.25, 0.3) is 0 Å². The zero-order valence-electron chi connectivity index (χ0n) is 10.9. The Kier molecular flexibility index (Phi) is 5.50. The van der Waals surface area contributed by atoms with Gasteiger partial charge in [-0.3, -0.25) is 4.79 Å². The summed E-state index contributed by atoms with van der Waals surface area (Å²) in [5, 5.41) is 3.38. The Morgan fingerprint density at radius 2 is 2.00 bits per heavy atom. The molecule has 1 amide bonds. The van der Waals surface area contributed by atoms with Crippen LogP contribution in [0.2, 0.25) is 5.02 Å². The average molecular weight is 287 g/mol. The van der Waals surface area contributed by atoms with Crippen molar-refractivity contribution in [3.05, 3.63) is 29.3 Å². The Morgan fingerprint density at radius 3 is 2.50 bits per heavy atom. The summed E-state index contributed by atoms with van der Waals surface area (Å²) in [5.41, 5.74) is 5.43. The van der Waals surface area contributed by atoms with Crippen LogP contribution < -0.4 is 11.1 Å². The van der Waals surface area contributed by atoms with Crippen molar-refractivity contribution in [2.24, 2.45) is 5.73 Å². The van der Waals surface area contributed by atoms with Crippen molar-refractivity contribution in [3.8, 4) is 0 Å². The summed E-state index contributed by atoms with van der Waals surface area (Å²) in [5.74, 6) is -0.00604. The average Bonchev–Trinajstić information content (AvgIpc) is 2.28. The van der Waals surface area contributed by atoms with Gasteiger partial charge in [0.05, 0.1) is 5.25 Å². The van der Waals surface area contributed by atoms with Crippen molar-refractivity contribution in [1.82, 2.24) is 5.32 Å². The maximum Gasteiger partial charge on any atom is 0.233 e. The van der Waals surface area contributed by atoms with Crippen molar-refractivity contribution >= 4 is 29.3 Å². The summed E-state index contributed by atoms with van der Waals surface area (Å²) in [7, 11) is 0. The number of benzene rings is 1. The molecule has 0 aliphatic carbocycles. The first kappa shape index (κ1) is 15.3. The second kappa shape index (κ2) is 6.45. The highest BCUT2D eigenvalue weighted by atomic mass is 35.5. The van der Waals surface area contributed by atoms with Gasteiger partial charge >= 0.3 is 0 Å². The van der Waals surface area contributed by atoms with Gasteiger partial charge in [0.1, 0.15) is 0 Å². The van der Waals surface area contributed by atoms with E-state index in [1.807, 2.05) is 45.0 Å². The molecule has 0 fully saturated rings. The van der Waals surface area contributed by atoms with Crippen molar-refractivity contribution < 1.29 is 4.79 Å². The number of hydrogen-bond donors (Lipinski definition) is 2. The van der Waals surface area contributed by atoms with E-state index in [9.17, 15) is 4.79 Å². The second-order valence-corrected chi connectivity index (χ2v) is 6.77. The molecule has 1 aromatic carbocycles. The van der Waals surface area contributed by atoms with E-state index in [0.29, 0.717) is 11.6 Å². The van der Waals surface area contributed by atoms with Crippen LogP contribution in [0.4, 0.5) is 0 Å². The van der Waals surface area contributed by atoms with Gasteiger partial charge in [-0.2, -0.15) is 0 Å². The Hall–Kier alpha value is -0.710. The Bertz CT molecular complexity index is 400. The second-order valence-electron chi connectivity index (χ2n) is 4.92. The third-order valence-electron chi connectivity index (χ3n) is 2.21. The lowest BCUT2D eigenvalue weighted by atomic mass is 10.1. The van der Waals surface area contributed by atoms with Gasteiger partial charge in [0, 0.05) is 22.0 Å². The first-order valence-corrected chi connectivity index (χ1v) is 7.02. The molecular formula is C13H19ClN2OS. The van der Waals surface area contributed by atoms with Crippen LogP contribution in [0, 0.1) is 0 Å². The molecule has 5 heteroatoms. The minimum absolute atomic E-state index is 0.00604. The molecule has 1 atom stereocenters. The molecular weight excluding hydrogens is 268 g/mol. The predicted octanol–water partition coefficient (Wildman–Crippen LogP) is 2.67. The fraction of sp³-hybridized carbons (Fsp3) is 0.462. The highest BCUT2D eigenvalue weighted by Crippen LogP contribution is 2.24. The summed E-state index contributed by atoms with van der Waals surface area (Å²) in [6.45, 7) is 6.10. The fourth-order valence-corrected chi connectivity index (χ4v) is 2.25. The summed E-state index contributed by atoms with van der Waals surface area (Å²) in [6, 6.07) is 7.45. The van der Waals surface area contributed by atoms with Gasteiger partial charge in [0.15, 0.2) is 0 Å². The number of carbonyl (C=O) groups excluding carboxylic acids is 1. The van der Waals surface area contributed by atoms with Crippen LogP contribution in [0.15, 0.2) is 29.2 Å². The molecule has 0 radical (unpaired) electrons. The largest absolute Gasteiger partial charge is 0.353 e. The number of hydrogen-bond acceptors (Lipinski definition) is 3. The summed E-state index contributed by atoms with van der Waals surface area (Å²) < 4.78 is 0. The maximum absolute atomic E-state index is 11.8. The van der Waals surface area contributed by atoms with E-state index in [1.165, 1.54) is 11.8 Å². The SMILES string of the molecule is CC(Sc1ccc(Cl)cc1)C(=O)NCC(C)(C)N. The van der Waals surface area contributed by atoms with Gasteiger partial charge in [0.2, 0.25) is 5.91 Å². The molecule has 0 bridgehead atoms. The quantitative estimate of drug-likeness (QED) is 0.818. The summed E-state index contributed by atoms with van der Waals surface area (Å²) in [6.07, 6.45) is 0. The van der Waals surface area contributed by atoms with Crippen LogP contribution in [0.1, 0.15) is 20.8 Å². The molecule has 0 aliphatic rings. The molecule has 3 nitrogen and oxygen atoms in total. The maximum atomic E-state index is 11.8. The highest BCUT2D eigenvalue weighted by molar-refractivity contribution is 8.00. The van der Waals surface area contributed by atoms with Crippen molar-refractivity contribution in [3.63, 3.8) is 0 Å². The fourth-order valence-electron chi connectivity index (χ4n) is 1.23. The number of halogens is 1. The Labute approximate surface area is 117 Å². The third kappa shape index (κ3) is 5.76. The van der Waals surface area contributed by atoms with Crippen molar-refractivity contribution in [2.45, 2.75) is 36.5 Å². The minimum Gasteiger partial charge on any atom is -0.353 e. The minimum atomic E-state index is -0.389. The van der Waals surface area contributed by atoms with Crippen LogP contribution in [0.25, 0.3) is 0 Å². The molecule has 0 saturated heterocycles. The smallest absolute Gasteiger partial charge is 0.233 e. The number of rotatable bonds is 5. The van der Waals surface area contributed by atoms with Crippen LogP contribution >= 0.6 is 23.4 Å². The zero-order valence-corrected chi connectivity index (χ0v) is 12.4. The Morgan fingerprint density at radius 1 is 1.44 bits per heavy atom. The van der Waals surface area contributed by atoms with Gasteiger partial charge < -0.3 is 11.1 Å². The number of thioether (sulfide) groups is 1. The normalized spacial score (nSPS) is 13.2. The molecule has 3 N–H and O–H groups in total. The lowest BCUT2D eigenvalue weighted by molar-refractivity contribution is -0.120. The van der Waals surface area contributed by atoms with E-state index in [-0.39, 0.29) is 16.7 Å². The van der Waals surface area contributed by atoms with Gasteiger partial charge in [-0.1, -0.05) is 11.6 Å². The molecule has 1 unspecified atom stereocenters. The molecule has 1 aromatic rings. The van der Waals surface area contributed by atoms with E-state index in [1.54, 1.807) is 0 Å². The van der Waals surface area contributed by atoms with E-state index in [2.05, 4.69) is 5.32 Å². The molecule has 100 valence electrons. The monoisotopic (exact) mass is 286 g/mol. The first-order valence-electron chi connectivity index (χ1n) is 5.77. The summed E-state index contributed by atoms with van der Waals surface area (Å²) in [4.78, 5) is 12.9. The first-order chi connectivity index (χ1) is 8.28. The highest BCUT2D eigenvalue weighted by Gasteiger charge is 2.17. The van der Waals surface area contributed by atoms with Crippen LogP contribution in [-0.2, 0) is 4.79 Å². The Balaban J connectivity index is 2.47. The van der Waals surface area contributed by atoms with E-state index < -0.39 is 0 Å². The van der Waals surface area contributed by atoms with Crippen molar-refractivity contribution in [2.75, 3.05) is 6.54 Å². The van der Waals surface area contributed by atoms with Gasteiger partial charge in [-0.25, -0.2) is 0 Å². The lowest BCUT2D eigenvalue weighted by Crippen LogP contribution is -2.46. The zero-order chi connectivity index (χ0) is 13.8. The predicted molar refractivity (Wildman–Crippen MR) is 78.0 cm³/mol. The number of nitrogens with one attached hydrogen (secondary N) is 1. The van der Waals surface area contributed by atoms with E-state index in [0.717, 1.165) is 4.90 Å². The molecule has 0 saturated carbocycles. The number of carbonyl (C=O) groups is 1. The molecule has 1 rings (SSSR count). The lowest BCUT2D eigenvalue weighted by Gasteiger charge is -2.20. The van der Waals surface area contributed by atoms with Crippen LogP contribution in [0.3, 0.4) is 0 Å². The van der Waals surface area contributed by atoms with Crippen LogP contribution in [0.5, 0.6) is 0 Å². The number of nitrogens with two attached hydrogens (primary N) is 1. The third-order valence-corrected chi connectivity index (χ3v) is 3.58. The van der Waals surface area contributed by atoms with Crippen molar-refractivity contribution in [1.29, 1.82) is 0 Å². The van der Waals surface area contributed by atoms with Crippen LogP contribution in [-0.4, -0.2) is 23.2 Å². The molecule has 18 heavy (non-hydrogen) atoms. The topological polar surface area (TPSA) is 55.1 Å². The van der Waals surface area contributed by atoms with E-state index in [4.69, 9.17) is 17.3 Å². The number of amides is 1. The van der Waals surface area contributed by atoms with E-state index >= 15 is 0 Å². The molecule has 0 spiro atoms. The van der Waals surface area contributed by atoms with Gasteiger partial charge in [-0.05, 0) is 45.0 Å². The standard InChI is InChI=1S/C13H19ClN2OS/c1-9(12(17)16-8-13(2,3)15)18-11-6-4-10(14)5-7-11/h4-7,9H,8,15H2,1-3H3,(H,16,17). The molecule has 0 aromatic heterocycles. The van der Waals surface area contributed by atoms with Gasteiger partial charge in [-0.15, -0.1) is 11.8 Å². The summed E-state index contributed by atoms with van der Waals surface area (Å²) >= 11 is 7.31. The molecule has 0 heterocycles. The molecule has 0 aliphatic heterocycles.